The van der Waals surface area contributed by atoms with E-state index in [1.54, 1.807) is 4.90 Å². The summed E-state index contributed by atoms with van der Waals surface area (Å²) in [5.41, 5.74) is 4.09. The predicted molar refractivity (Wildman–Crippen MR) is 118 cm³/mol. The quantitative estimate of drug-likeness (QED) is 0.761. The van der Waals surface area contributed by atoms with Crippen molar-refractivity contribution in [3.63, 3.8) is 0 Å². The number of nitrogens with one attached hydrogen (secondary N) is 1. The van der Waals surface area contributed by atoms with Gasteiger partial charge in [0.25, 0.3) is 0 Å². The van der Waals surface area contributed by atoms with Crippen LogP contribution in [0, 0.1) is 13.8 Å². The second-order valence-corrected chi connectivity index (χ2v) is 10.0. The number of hydrogen-bond donors (Lipinski definition) is 1. The van der Waals surface area contributed by atoms with Gasteiger partial charge >= 0.3 is 6.09 Å². The molecule has 0 spiro atoms. The van der Waals surface area contributed by atoms with Gasteiger partial charge in [0.1, 0.15) is 6.61 Å². The van der Waals surface area contributed by atoms with Crippen molar-refractivity contribution >= 4 is 16.1 Å². The molecule has 1 saturated heterocycles. The second-order valence-electron chi connectivity index (χ2n) is 8.20. The number of ether oxygens (including phenoxy) is 1. The summed E-state index contributed by atoms with van der Waals surface area (Å²) in [7, 11) is -3.31. The van der Waals surface area contributed by atoms with Crippen LogP contribution in [0.1, 0.15) is 35.1 Å². The maximum absolute atomic E-state index is 12.5. The van der Waals surface area contributed by atoms with Gasteiger partial charge in [-0.1, -0.05) is 48.5 Å². The summed E-state index contributed by atoms with van der Waals surface area (Å²) >= 11 is 0. The Labute approximate surface area is 179 Å². The molecule has 0 aliphatic carbocycles. The SMILES string of the molecule is Cc1ccc(C2(CNS(C)(=O)=O)CCN(C(=O)OCc3ccccc3)CC2)cc1C. The van der Waals surface area contributed by atoms with Crippen LogP contribution in [0.25, 0.3) is 0 Å². The van der Waals surface area contributed by atoms with E-state index in [4.69, 9.17) is 4.74 Å². The molecule has 1 N–H and O–H groups in total. The van der Waals surface area contributed by atoms with Crippen molar-refractivity contribution < 1.29 is 17.9 Å². The summed E-state index contributed by atoms with van der Waals surface area (Å²) in [5.74, 6) is 0. The minimum absolute atomic E-state index is 0.244. The van der Waals surface area contributed by atoms with Gasteiger partial charge in [-0.25, -0.2) is 17.9 Å². The highest BCUT2D eigenvalue weighted by Gasteiger charge is 2.38. The van der Waals surface area contributed by atoms with Crippen molar-refractivity contribution in [1.82, 2.24) is 9.62 Å². The molecule has 2 aromatic rings. The summed E-state index contributed by atoms with van der Waals surface area (Å²) in [5, 5.41) is 0. The predicted octanol–water partition coefficient (Wildman–Crippen LogP) is 3.52. The first kappa shape index (κ1) is 22.3. The first-order valence-electron chi connectivity index (χ1n) is 10.2. The van der Waals surface area contributed by atoms with E-state index in [1.807, 2.05) is 30.3 Å². The third-order valence-electron chi connectivity index (χ3n) is 5.98. The topological polar surface area (TPSA) is 75.7 Å². The lowest BCUT2D eigenvalue weighted by atomic mass is 9.72. The Balaban J connectivity index is 1.70. The van der Waals surface area contributed by atoms with Crippen LogP contribution in [-0.2, 0) is 26.8 Å². The average Bonchev–Trinajstić information content (AvgIpc) is 2.73. The van der Waals surface area contributed by atoms with Gasteiger partial charge < -0.3 is 9.64 Å². The first-order valence-corrected chi connectivity index (χ1v) is 12.1. The summed E-state index contributed by atoms with van der Waals surface area (Å²) in [6, 6.07) is 15.9. The number of likely N-dealkylation sites (tertiary alicyclic amines) is 1. The Bertz CT molecular complexity index is 982. The molecule has 0 radical (unpaired) electrons. The molecule has 1 aliphatic heterocycles. The molecule has 0 aromatic heterocycles. The average molecular weight is 431 g/mol. The lowest BCUT2D eigenvalue weighted by Gasteiger charge is -2.42. The van der Waals surface area contributed by atoms with Crippen molar-refractivity contribution in [1.29, 1.82) is 0 Å². The van der Waals surface area contributed by atoms with Crippen LogP contribution in [0.3, 0.4) is 0 Å². The van der Waals surface area contributed by atoms with Gasteiger partial charge in [-0.15, -0.1) is 0 Å². The molecule has 6 nitrogen and oxygen atoms in total. The van der Waals surface area contributed by atoms with Crippen LogP contribution in [0.5, 0.6) is 0 Å². The fourth-order valence-corrected chi connectivity index (χ4v) is 4.37. The van der Waals surface area contributed by atoms with Crippen molar-refractivity contribution in [2.24, 2.45) is 0 Å². The molecule has 3 rings (SSSR count). The summed E-state index contributed by atoms with van der Waals surface area (Å²) < 4.78 is 31.7. The van der Waals surface area contributed by atoms with Gasteiger partial charge in [-0.2, -0.15) is 0 Å². The van der Waals surface area contributed by atoms with Crippen LogP contribution in [0.15, 0.2) is 48.5 Å². The van der Waals surface area contributed by atoms with Gasteiger partial charge in [0.2, 0.25) is 10.0 Å². The van der Waals surface area contributed by atoms with Gasteiger partial charge in [0.15, 0.2) is 0 Å². The van der Waals surface area contributed by atoms with Crippen LogP contribution in [0.2, 0.25) is 0 Å². The molecule has 1 amide bonds. The zero-order chi connectivity index (χ0) is 21.8. The highest BCUT2D eigenvalue weighted by molar-refractivity contribution is 7.88. The highest BCUT2D eigenvalue weighted by atomic mass is 32.2. The maximum Gasteiger partial charge on any atom is 0.410 e. The molecule has 2 aromatic carbocycles. The number of hydrogen-bond acceptors (Lipinski definition) is 4. The third kappa shape index (κ3) is 5.61. The van der Waals surface area contributed by atoms with E-state index in [1.165, 1.54) is 17.4 Å². The van der Waals surface area contributed by atoms with Crippen LogP contribution in [0.4, 0.5) is 4.79 Å². The molecule has 1 aliphatic rings. The lowest BCUT2D eigenvalue weighted by molar-refractivity contribution is 0.0776. The molecule has 1 fully saturated rings. The Kier molecular flexibility index (Phi) is 6.83. The summed E-state index contributed by atoms with van der Waals surface area (Å²) in [6.45, 7) is 5.73. The maximum atomic E-state index is 12.5. The lowest BCUT2D eigenvalue weighted by Crippen LogP contribution is -2.50. The van der Waals surface area contributed by atoms with Crippen LogP contribution in [-0.4, -0.2) is 45.3 Å². The fourth-order valence-electron chi connectivity index (χ4n) is 3.84. The van der Waals surface area contributed by atoms with Crippen molar-refractivity contribution in [2.45, 2.75) is 38.7 Å². The number of piperidine rings is 1. The number of carbonyl (C=O) groups excluding carboxylic acids is 1. The molecule has 0 atom stereocenters. The molecule has 162 valence electrons. The Morgan fingerprint density at radius 2 is 1.73 bits per heavy atom. The van der Waals surface area contributed by atoms with Gasteiger partial charge in [0, 0.05) is 25.0 Å². The normalized spacial score (nSPS) is 16.3. The minimum Gasteiger partial charge on any atom is -0.445 e. The third-order valence-corrected chi connectivity index (χ3v) is 6.64. The molecule has 0 unspecified atom stereocenters. The van der Waals surface area contributed by atoms with Gasteiger partial charge in [-0.3, -0.25) is 0 Å². The van der Waals surface area contributed by atoms with E-state index >= 15 is 0 Å². The number of sulfonamides is 1. The zero-order valence-electron chi connectivity index (χ0n) is 17.8. The molecule has 1 heterocycles. The fraction of sp³-hybridized carbons (Fsp3) is 0.435. The van der Waals surface area contributed by atoms with E-state index in [0.29, 0.717) is 32.5 Å². The summed E-state index contributed by atoms with van der Waals surface area (Å²) in [6.07, 6.45) is 2.18. The van der Waals surface area contributed by atoms with Gasteiger partial charge in [-0.05, 0) is 48.9 Å². The second kappa shape index (κ2) is 9.18. The van der Waals surface area contributed by atoms with Crippen molar-refractivity contribution in [3.05, 3.63) is 70.8 Å². The summed E-state index contributed by atoms with van der Waals surface area (Å²) in [4.78, 5) is 14.2. The molecule has 0 bridgehead atoms. The van der Waals surface area contributed by atoms with E-state index in [2.05, 4.69) is 36.8 Å². The van der Waals surface area contributed by atoms with Crippen LogP contribution < -0.4 is 4.72 Å². The largest absolute Gasteiger partial charge is 0.445 e. The zero-order valence-corrected chi connectivity index (χ0v) is 18.7. The number of carbonyl (C=O) groups is 1. The molecule has 0 saturated carbocycles. The molecule has 30 heavy (non-hydrogen) atoms. The number of benzene rings is 2. The van der Waals surface area contributed by atoms with Crippen molar-refractivity contribution in [2.75, 3.05) is 25.9 Å². The molecular formula is C23H30N2O4S. The minimum atomic E-state index is -3.31. The van der Waals surface area contributed by atoms with E-state index in [9.17, 15) is 13.2 Å². The Hall–Kier alpha value is -2.38. The number of amides is 1. The molecular weight excluding hydrogens is 400 g/mol. The number of nitrogens with zero attached hydrogens (tertiary/aromatic N) is 1. The number of rotatable bonds is 6. The highest BCUT2D eigenvalue weighted by Crippen LogP contribution is 2.36. The van der Waals surface area contributed by atoms with E-state index in [0.717, 1.165) is 11.1 Å². The van der Waals surface area contributed by atoms with E-state index in [-0.39, 0.29) is 18.1 Å². The van der Waals surface area contributed by atoms with Crippen molar-refractivity contribution in [3.8, 4) is 0 Å². The molecule has 7 heteroatoms. The van der Waals surface area contributed by atoms with E-state index < -0.39 is 10.0 Å². The Morgan fingerprint density at radius 3 is 2.33 bits per heavy atom. The van der Waals surface area contributed by atoms with Gasteiger partial charge in [0.05, 0.1) is 6.26 Å². The monoisotopic (exact) mass is 430 g/mol. The first-order chi connectivity index (χ1) is 14.2. The standard InChI is InChI=1S/C23H30N2O4S/c1-18-9-10-21(15-19(18)2)23(17-24-30(3,27)28)11-13-25(14-12-23)22(26)29-16-20-7-5-4-6-8-20/h4-10,15,24H,11-14,16-17H2,1-3H3. The van der Waals surface area contributed by atoms with Crippen LogP contribution >= 0.6 is 0 Å². The smallest absolute Gasteiger partial charge is 0.410 e. The number of aryl methyl sites for hydroxylation is 2. The Morgan fingerprint density at radius 1 is 1.07 bits per heavy atom.